The van der Waals surface area contributed by atoms with Gasteiger partial charge in [0.15, 0.2) is 0 Å². The highest BCUT2D eigenvalue weighted by molar-refractivity contribution is 7.89. The molecule has 0 N–H and O–H groups in total. The fourth-order valence-corrected chi connectivity index (χ4v) is 5.91. The molecule has 1 aliphatic heterocycles. The van der Waals surface area contributed by atoms with Gasteiger partial charge in [0, 0.05) is 52.9 Å². The minimum Gasteiger partial charge on any atom is -0.482 e. The molecule has 3 aromatic rings. The Balaban J connectivity index is 1.34. The van der Waals surface area contributed by atoms with E-state index in [1.54, 1.807) is 6.07 Å². The largest absolute Gasteiger partial charge is 0.482 e. The van der Waals surface area contributed by atoms with E-state index in [2.05, 4.69) is 0 Å². The number of benzene rings is 2. The molecule has 1 aliphatic rings. The van der Waals surface area contributed by atoms with E-state index in [0.29, 0.717) is 30.4 Å². The second kappa shape index (κ2) is 10.7. The maximum Gasteiger partial charge on any atom is 0.243 e. The second-order valence-corrected chi connectivity index (χ2v) is 11.0. The molecule has 0 unspecified atom stereocenters. The van der Waals surface area contributed by atoms with Crippen LogP contribution in [-0.2, 0) is 23.2 Å². The predicted octanol–water partition coefficient (Wildman–Crippen LogP) is 4.69. The first-order valence-corrected chi connectivity index (χ1v) is 13.0. The predicted molar refractivity (Wildman–Crippen MR) is 131 cm³/mol. The minimum atomic E-state index is -3.71. The summed E-state index contributed by atoms with van der Waals surface area (Å²) in [5, 5.41) is 1.08. The summed E-state index contributed by atoms with van der Waals surface area (Å²) in [4.78, 5) is 14.5. The van der Waals surface area contributed by atoms with Crippen LogP contribution in [0.2, 0.25) is 15.1 Å². The minimum absolute atomic E-state index is 0.0665. The van der Waals surface area contributed by atoms with Gasteiger partial charge in [0.25, 0.3) is 0 Å². The topological polar surface area (TPSA) is 80.1 Å². The first-order chi connectivity index (χ1) is 16.2. The highest BCUT2D eigenvalue weighted by Gasteiger charge is 2.29. The van der Waals surface area contributed by atoms with Gasteiger partial charge in [-0.25, -0.2) is 8.42 Å². The van der Waals surface area contributed by atoms with E-state index in [-0.39, 0.29) is 45.8 Å². The van der Waals surface area contributed by atoms with Crippen molar-refractivity contribution in [1.29, 1.82) is 0 Å². The van der Waals surface area contributed by atoms with Gasteiger partial charge >= 0.3 is 0 Å². The van der Waals surface area contributed by atoms with E-state index < -0.39 is 10.0 Å². The lowest BCUT2D eigenvalue weighted by Crippen LogP contribution is -2.48. The van der Waals surface area contributed by atoms with Crippen LogP contribution >= 0.6 is 34.8 Å². The van der Waals surface area contributed by atoms with Gasteiger partial charge in [-0.1, -0.05) is 53.0 Å². The van der Waals surface area contributed by atoms with Crippen molar-refractivity contribution in [3.05, 3.63) is 91.4 Å². The Kier molecular flexibility index (Phi) is 7.87. The number of hydrogen-bond donors (Lipinski definition) is 0. The molecule has 1 saturated heterocycles. The van der Waals surface area contributed by atoms with Crippen LogP contribution in [0.3, 0.4) is 0 Å². The molecular formula is C23H21Cl3N2O5S. The van der Waals surface area contributed by atoms with Crippen LogP contribution in [0.1, 0.15) is 11.3 Å². The van der Waals surface area contributed by atoms with Gasteiger partial charge in [0.05, 0.1) is 11.4 Å². The number of ether oxygens (including phenoxy) is 1. The lowest BCUT2D eigenvalue weighted by molar-refractivity contribution is 0.169. The molecule has 0 bridgehead atoms. The Bertz CT molecular complexity index is 1320. The molecule has 34 heavy (non-hydrogen) atoms. The quantitative estimate of drug-likeness (QED) is 0.430. The number of piperazine rings is 1. The van der Waals surface area contributed by atoms with Crippen LogP contribution in [0, 0.1) is 0 Å². The first-order valence-electron chi connectivity index (χ1n) is 10.4. The molecule has 1 aromatic heterocycles. The van der Waals surface area contributed by atoms with Gasteiger partial charge < -0.3 is 9.15 Å². The Hall–Kier alpha value is -2.07. The number of hydrogen-bond acceptors (Lipinski definition) is 6. The fraction of sp³-hybridized carbons (Fsp3) is 0.261. The molecule has 11 heteroatoms. The van der Waals surface area contributed by atoms with E-state index in [4.69, 9.17) is 44.0 Å². The molecule has 0 aliphatic carbocycles. The fourth-order valence-electron chi connectivity index (χ4n) is 3.57. The second-order valence-electron chi connectivity index (χ2n) is 7.74. The average molecular weight is 544 g/mol. The van der Waals surface area contributed by atoms with E-state index in [9.17, 15) is 13.2 Å². The molecular weight excluding hydrogens is 523 g/mol. The summed E-state index contributed by atoms with van der Waals surface area (Å²) >= 11 is 18.0. The summed E-state index contributed by atoms with van der Waals surface area (Å²) in [7, 11) is -3.71. The lowest BCUT2D eigenvalue weighted by Gasteiger charge is -2.33. The first kappa shape index (κ1) is 25.0. The van der Waals surface area contributed by atoms with Crippen LogP contribution in [0.25, 0.3) is 0 Å². The van der Waals surface area contributed by atoms with Crippen LogP contribution < -0.4 is 10.2 Å². The Morgan fingerprint density at radius 2 is 1.62 bits per heavy atom. The van der Waals surface area contributed by atoms with Crippen molar-refractivity contribution in [2.45, 2.75) is 18.0 Å². The number of halogens is 3. The average Bonchev–Trinajstić information content (AvgIpc) is 2.79. The highest BCUT2D eigenvalue weighted by Crippen LogP contribution is 2.26. The van der Waals surface area contributed by atoms with Crippen molar-refractivity contribution in [2.24, 2.45) is 0 Å². The lowest BCUT2D eigenvalue weighted by atomic mass is 10.2. The maximum atomic E-state index is 12.9. The maximum absolute atomic E-state index is 12.9. The molecule has 7 nitrogen and oxygen atoms in total. The van der Waals surface area contributed by atoms with Crippen LogP contribution in [0.5, 0.6) is 5.75 Å². The van der Waals surface area contributed by atoms with Gasteiger partial charge in [0.1, 0.15) is 18.6 Å². The van der Waals surface area contributed by atoms with E-state index in [1.807, 2.05) is 23.1 Å². The molecule has 0 saturated carbocycles. The van der Waals surface area contributed by atoms with Crippen LogP contribution in [0.15, 0.2) is 68.9 Å². The van der Waals surface area contributed by atoms with Crippen molar-refractivity contribution in [1.82, 2.24) is 9.21 Å². The molecule has 0 amide bonds. The summed E-state index contributed by atoms with van der Waals surface area (Å²) in [6.45, 7) is 2.05. The summed E-state index contributed by atoms with van der Waals surface area (Å²) in [6, 6.07) is 12.9. The zero-order chi connectivity index (χ0) is 24.3. The molecule has 0 atom stereocenters. The Labute approximate surface area is 212 Å². The molecule has 2 heterocycles. The zero-order valence-electron chi connectivity index (χ0n) is 17.9. The number of rotatable bonds is 7. The highest BCUT2D eigenvalue weighted by atomic mass is 35.5. The van der Waals surface area contributed by atoms with Gasteiger partial charge in [-0.3, -0.25) is 9.69 Å². The number of sulfonamides is 1. The summed E-state index contributed by atoms with van der Waals surface area (Å²) < 4.78 is 38.4. The third-order valence-corrected chi connectivity index (χ3v) is 8.06. The zero-order valence-corrected chi connectivity index (χ0v) is 21.0. The Morgan fingerprint density at radius 1 is 0.941 bits per heavy atom. The van der Waals surface area contributed by atoms with Crippen LogP contribution in [0.4, 0.5) is 0 Å². The van der Waals surface area contributed by atoms with Crippen molar-refractivity contribution >= 4 is 44.8 Å². The summed E-state index contributed by atoms with van der Waals surface area (Å²) in [5.41, 5.74) is 0.466. The van der Waals surface area contributed by atoms with E-state index >= 15 is 0 Å². The smallest absolute Gasteiger partial charge is 0.243 e. The van der Waals surface area contributed by atoms with Gasteiger partial charge in [0.2, 0.25) is 21.2 Å². The van der Waals surface area contributed by atoms with Crippen LogP contribution in [-0.4, -0.2) is 43.8 Å². The third-order valence-electron chi connectivity index (χ3n) is 5.38. The summed E-state index contributed by atoms with van der Waals surface area (Å²) in [5.74, 6) is 0.563. The SMILES string of the molecule is O=c1cc(CN2CCN(S(=O)(=O)c3cc(Cl)cc(Cl)c3)CC2)occ1OCc1ccccc1Cl. The molecule has 0 radical (unpaired) electrons. The standard InChI is InChI=1S/C23H21Cl3N2O5S/c24-17-9-18(25)11-20(10-17)34(30,31)28-7-5-27(6-8-28)13-19-12-22(29)23(15-32-19)33-14-16-3-1-2-4-21(16)26/h1-4,9-12,15H,5-8,13-14H2. The van der Waals surface area contributed by atoms with E-state index in [1.165, 1.54) is 34.8 Å². The van der Waals surface area contributed by atoms with Gasteiger partial charge in [-0.15, -0.1) is 0 Å². The molecule has 2 aromatic carbocycles. The van der Waals surface area contributed by atoms with E-state index in [0.717, 1.165) is 5.56 Å². The van der Waals surface area contributed by atoms with Crippen molar-refractivity contribution in [3.8, 4) is 5.75 Å². The normalized spacial score (nSPS) is 15.4. The van der Waals surface area contributed by atoms with Crippen molar-refractivity contribution < 1.29 is 17.6 Å². The van der Waals surface area contributed by atoms with Gasteiger partial charge in [-0.05, 0) is 24.3 Å². The van der Waals surface area contributed by atoms with Gasteiger partial charge in [-0.2, -0.15) is 4.31 Å². The molecule has 4 rings (SSSR count). The summed E-state index contributed by atoms with van der Waals surface area (Å²) in [6.07, 6.45) is 1.29. The molecule has 0 spiro atoms. The van der Waals surface area contributed by atoms with Crippen molar-refractivity contribution in [3.63, 3.8) is 0 Å². The Morgan fingerprint density at radius 3 is 2.26 bits per heavy atom. The van der Waals surface area contributed by atoms with Crippen molar-refractivity contribution in [2.75, 3.05) is 26.2 Å². The number of nitrogens with zero attached hydrogens (tertiary/aromatic N) is 2. The monoisotopic (exact) mass is 542 g/mol. The molecule has 1 fully saturated rings. The molecule has 180 valence electrons. The third kappa shape index (κ3) is 5.94.